The Hall–Kier alpha value is -0.430. The van der Waals surface area contributed by atoms with E-state index in [2.05, 4.69) is 4.72 Å². The maximum atomic E-state index is 12.2. The van der Waals surface area contributed by atoms with E-state index in [1.54, 1.807) is 13.0 Å². The predicted octanol–water partition coefficient (Wildman–Crippen LogP) is 1.56. The molecule has 2 rings (SSSR count). The van der Waals surface area contributed by atoms with Gasteiger partial charge in [-0.3, -0.25) is 0 Å². The van der Waals surface area contributed by atoms with Crippen LogP contribution in [0.5, 0.6) is 0 Å². The molecule has 0 aromatic carbocycles. The summed E-state index contributed by atoms with van der Waals surface area (Å²) >= 11 is 1.47. The molecule has 1 aromatic heterocycles. The Morgan fingerprint density at radius 1 is 1.47 bits per heavy atom. The van der Waals surface area contributed by atoms with Crippen LogP contribution in [0.4, 0.5) is 0 Å². The molecule has 1 saturated carbocycles. The van der Waals surface area contributed by atoms with Crippen LogP contribution in [-0.2, 0) is 10.0 Å². The summed E-state index contributed by atoms with van der Waals surface area (Å²) in [5, 5.41) is 9.30. The third-order valence-electron chi connectivity index (χ3n) is 3.25. The molecule has 1 aliphatic rings. The Labute approximate surface area is 106 Å². The van der Waals surface area contributed by atoms with E-state index in [9.17, 15) is 13.5 Å². The minimum Gasteiger partial charge on any atom is -0.394 e. The van der Waals surface area contributed by atoms with Gasteiger partial charge < -0.3 is 5.11 Å². The average molecular weight is 275 g/mol. The van der Waals surface area contributed by atoms with Crippen molar-refractivity contribution < 1.29 is 13.5 Å². The van der Waals surface area contributed by atoms with Crippen molar-refractivity contribution in [1.82, 2.24) is 4.72 Å². The molecule has 6 heteroatoms. The summed E-state index contributed by atoms with van der Waals surface area (Å²) in [6, 6.07) is 1.69. The smallest absolute Gasteiger partial charge is 0.242 e. The first-order chi connectivity index (χ1) is 7.88. The van der Waals surface area contributed by atoms with Crippen LogP contribution in [-0.4, -0.2) is 25.7 Å². The molecule has 0 bridgehead atoms. The van der Waals surface area contributed by atoms with Crippen molar-refractivity contribution in [2.75, 3.05) is 6.61 Å². The van der Waals surface area contributed by atoms with Crippen molar-refractivity contribution >= 4 is 21.4 Å². The van der Waals surface area contributed by atoms with Crippen molar-refractivity contribution in [2.24, 2.45) is 0 Å². The highest BCUT2D eigenvalue weighted by molar-refractivity contribution is 7.89. The van der Waals surface area contributed by atoms with Crippen LogP contribution in [0.3, 0.4) is 0 Å². The van der Waals surface area contributed by atoms with Gasteiger partial charge in [0, 0.05) is 9.75 Å². The summed E-state index contributed by atoms with van der Waals surface area (Å²) in [7, 11) is -3.50. The highest BCUT2D eigenvalue weighted by Gasteiger charge is 2.40. The fraction of sp³-hybridized carbons (Fsp3) is 0.636. The molecule has 4 nitrogen and oxygen atoms in total. The average Bonchev–Trinajstić information content (AvgIpc) is 2.52. The number of rotatable bonds is 4. The van der Waals surface area contributed by atoms with Crippen molar-refractivity contribution in [2.45, 2.75) is 43.5 Å². The minimum absolute atomic E-state index is 0.131. The molecule has 0 amide bonds. The van der Waals surface area contributed by atoms with Gasteiger partial charge in [0.25, 0.3) is 0 Å². The second-order valence-corrected chi connectivity index (χ2v) is 7.79. The first-order valence-electron chi connectivity index (χ1n) is 5.60. The maximum Gasteiger partial charge on any atom is 0.242 e. The Morgan fingerprint density at radius 3 is 2.47 bits per heavy atom. The lowest BCUT2D eigenvalue weighted by Gasteiger charge is -2.40. The summed E-state index contributed by atoms with van der Waals surface area (Å²) in [4.78, 5) is 2.12. The largest absolute Gasteiger partial charge is 0.394 e. The van der Waals surface area contributed by atoms with Crippen LogP contribution in [0, 0.1) is 13.8 Å². The number of thiophene rings is 1. The number of nitrogens with one attached hydrogen (secondary N) is 1. The van der Waals surface area contributed by atoms with Crippen LogP contribution >= 0.6 is 11.3 Å². The molecule has 0 unspecified atom stereocenters. The topological polar surface area (TPSA) is 66.4 Å². The van der Waals surface area contributed by atoms with Gasteiger partial charge in [-0.25, -0.2) is 13.1 Å². The zero-order chi connectivity index (χ0) is 12.7. The summed E-state index contributed by atoms with van der Waals surface area (Å²) in [5.41, 5.74) is -0.624. The lowest BCUT2D eigenvalue weighted by Crippen LogP contribution is -2.55. The van der Waals surface area contributed by atoms with E-state index >= 15 is 0 Å². The van der Waals surface area contributed by atoms with Crippen molar-refractivity contribution in [1.29, 1.82) is 0 Å². The second kappa shape index (κ2) is 4.35. The minimum atomic E-state index is -3.50. The zero-order valence-electron chi connectivity index (χ0n) is 9.99. The van der Waals surface area contributed by atoms with E-state index in [-0.39, 0.29) is 6.61 Å². The first-order valence-corrected chi connectivity index (χ1v) is 7.90. The molecule has 17 heavy (non-hydrogen) atoms. The van der Waals surface area contributed by atoms with Gasteiger partial charge in [-0.1, -0.05) is 0 Å². The van der Waals surface area contributed by atoms with E-state index in [0.29, 0.717) is 17.7 Å². The van der Waals surface area contributed by atoms with Gasteiger partial charge >= 0.3 is 0 Å². The van der Waals surface area contributed by atoms with E-state index in [1.165, 1.54) is 11.3 Å². The van der Waals surface area contributed by atoms with Crippen molar-refractivity contribution in [3.8, 4) is 0 Å². The molecule has 0 radical (unpaired) electrons. The number of sulfonamides is 1. The molecular formula is C11H17NO3S2. The quantitative estimate of drug-likeness (QED) is 0.876. The predicted molar refractivity (Wildman–Crippen MR) is 67.8 cm³/mol. The molecule has 0 aliphatic heterocycles. The molecule has 1 heterocycles. The van der Waals surface area contributed by atoms with Gasteiger partial charge in [-0.05, 0) is 39.2 Å². The molecule has 2 N–H and O–H groups in total. The van der Waals surface area contributed by atoms with Crippen LogP contribution in [0.1, 0.15) is 29.0 Å². The van der Waals surface area contributed by atoms with Gasteiger partial charge in [-0.2, -0.15) is 0 Å². The standard InChI is InChI=1S/C11H17NO3S2/c1-8-6-10(9(2)16-8)17(14,15)12-11(7-13)4-3-5-11/h6,12-13H,3-5,7H2,1-2H3. The fourth-order valence-electron chi connectivity index (χ4n) is 2.11. The normalized spacial score (nSPS) is 19.0. The van der Waals surface area contributed by atoms with E-state index in [4.69, 9.17) is 0 Å². The number of aliphatic hydroxyl groups excluding tert-OH is 1. The molecule has 1 aromatic rings. The van der Waals surface area contributed by atoms with E-state index in [1.807, 2.05) is 6.92 Å². The summed E-state index contributed by atoms with van der Waals surface area (Å²) in [6.45, 7) is 3.56. The summed E-state index contributed by atoms with van der Waals surface area (Å²) < 4.78 is 27.1. The molecule has 0 spiro atoms. The van der Waals surface area contributed by atoms with Crippen molar-refractivity contribution in [3.63, 3.8) is 0 Å². The Kier molecular flexibility index (Phi) is 3.33. The molecular weight excluding hydrogens is 258 g/mol. The SMILES string of the molecule is Cc1cc(S(=O)(=O)NC2(CO)CCC2)c(C)s1. The van der Waals surface area contributed by atoms with Gasteiger partial charge in [-0.15, -0.1) is 11.3 Å². The number of aliphatic hydroxyl groups is 1. The third kappa shape index (κ3) is 2.40. The van der Waals surface area contributed by atoms with Gasteiger partial charge in [0.05, 0.1) is 17.0 Å². The number of hydrogen-bond acceptors (Lipinski definition) is 4. The van der Waals surface area contributed by atoms with E-state index < -0.39 is 15.6 Å². The molecule has 1 fully saturated rings. The maximum absolute atomic E-state index is 12.2. The molecule has 0 saturated heterocycles. The van der Waals surface area contributed by atoms with Crippen LogP contribution < -0.4 is 4.72 Å². The van der Waals surface area contributed by atoms with Crippen LogP contribution in [0.2, 0.25) is 0 Å². The zero-order valence-corrected chi connectivity index (χ0v) is 11.6. The van der Waals surface area contributed by atoms with E-state index in [0.717, 1.165) is 16.2 Å². The summed E-state index contributed by atoms with van der Waals surface area (Å²) in [5.74, 6) is 0. The van der Waals surface area contributed by atoms with Crippen LogP contribution in [0.15, 0.2) is 11.0 Å². The first kappa shape index (κ1) is 13.0. The summed E-state index contributed by atoms with van der Waals surface area (Å²) in [6.07, 6.45) is 2.39. The Balaban J connectivity index is 2.28. The number of hydrogen-bond donors (Lipinski definition) is 2. The molecule has 96 valence electrons. The highest BCUT2D eigenvalue weighted by Crippen LogP contribution is 2.34. The molecule has 0 atom stereocenters. The Bertz CT molecular complexity index is 509. The highest BCUT2D eigenvalue weighted by atomic mass is 32.2. The fourth-order valence-corrected chi connectivity index (χ4v) is 5.12. The van der Waals surface area contributed by atoms with Gasteiger partial charge in [0.15, 0.2) is 0 Å². The third-order valence-corrected chi connectivity index (χ3v) is 6.05. The molecule has 1 aliphatic carbocycles. The second-order valence-electron chi connectivity index (χ2n) is 4.67. The lowest BCUT2D eigenvalue weighted by atomic mass is 9.78. The lowest BCUT2D eigenvalue weighted by molar-refractivity contribution is 0.110. The van der Waals surface area contributed by atoms with Crippen molar-refractivity contribution in [3.05, 3.63) is 15.8 Å². The monoisotopic (exact) mass is 275 g/mol. The Morgan fingerprint density at radius 2 is 2.12 bits per heavy atom. The van der Waals surface area contributed by atoms with Gasteiger partial charge in [0.1, 0.15) is 0 Å². The number of aryl methyl sites for hydroxylation is 2. The van der Waals surface area contributed by atoms with Gasteiger partial charge in [0.2, 0.25) is 10.0 Å². The van der Waals surface area contributed by atoms with Crippen LogP contribution in [0.25, 0.3) is 0 Å².